The molecule has 0 radical (unpaired) electrons. The highest BCUT2D eigenvalue weighted by Crippen LogP contribution is 2.09. The van der Waals surface area contributed by atoms with Gasteiger partial charge in [0.25, 0.3) is 0 Å². The van der Waals surface area contributed by atoms with Crippen molar-refractivity contribution in [2.45, 2.75) is 13.8 Å². The Balaban J connectivity index is 0.000000281. The molecule has 2 nitrogen and oxygen atoms in total. The molecule has 0 fully saturated rings. The molecule has 0 saturated carbocycles. The average molecular weight is 166 g/mol. The molecular weight excluding hydrogens is 156 g/mol. The summed E-state index contributed by atoms with van der Waals surface area (Å²) in [5.41, 5.74) is 0.850. The fourth-order valence-corrected chi connectivity index (χ4v) is 1.31. The smallest absolute Gasteiger partial charge is 0.172 e. The molecule has 0 amide bonds. The van der Waals surface area contributed by atoms with E-state index in [2.05, 4.69) is 9.36 Å². The van der Waals surface area contributed by atoms with Gasteiger partial charge in [0.2, 0.25) is 0 Å². The van der Waals surface area contributed by atoms with Crippen LogP contribution in [0, 0.1) is 0 Å². The summed E-state index contributed by atoms with van der Waals surface area (Å²) in [4.78, 5) is 4.04. The lowest BCUT2D eigenvalue weighted by Gasteiger charge is -1.80. The molecule has 2 aromatic rings. The highest BCUT2D eigenvalue weighted by atomic mass is 32.1. The van der Waals surface area contributed by atoms with Crippen LogP contribution in [0.2, 0.25) is 0 Å². The van der Waals surface area contributed by atoms with Crippen LogP contribution in [0.15, 0.2) is 23.7 Å². The maximum Gasteiger partial charge on any atom is 0.172 e. The molecule has 58 valence electrons. The second-order valence-electron chi connectivity index (χ2n) is 1.73. The van der Waals surface area contributed by atoms with Crippen molar-refractivity contribution in [1.82, 2.24) is 9.36 Å². The molecule has 0 aromatic carbocycles. The quantitative estimate of drug-likeness (QED) is 0.601. The zero-order valence-electron chi connectivity index (χ0n) is 6.61. The van der Waals surface area contributed by atoms with Gasteiger partial charge in [-0.05, 0) is 23.7 Å². The van der Waals surface area contributed by atoms with Gasteiger partial charge in [0.1, 0.15) is 0 Å². The van der Waals surface area contributed by atoms with E-state index in [1.165, 1.54) is 11.5 Å². The van der Waals surface area contributed by atoms with Gasteiger partial charge in [-0.25, -0.2) is 4.98 Å². The third kappa shape index (κ3) is 1.74. The second-order valence-corrected chi connectivity index (χ2v) is 2.36. The minimum atomic E-state index is 0.850. The monoisotopic (exact) mass is 166 g/mol. The number of hydrogen-bond donors (Lipinski definition) is 0. The Kier molecular flexibility index (Phi) is 2.98. The average Bonchev–Trinajstić information content (AvgIpc) is 2.55. The summed E-state index contributed by atoms with van der Waals surface area (Å²) in [5.74, 6) is 0. The minimum Gasteiger partial charge on any atom is -0.236 e. The van der Waals surface area contributed by atoms with Gasteiger partial charge in [0, 0.05) is 17.0 Å². The molecule has 0 saturated heterocycles. The molecule has 0 atom stereocenters. The molecule has 0 aliphatic heterocycles. The molecule has 0 aliphatic rings. The van der Waals surface area contributed by atoms with Gasteiger partial charge < -0.3 is 0 Å². The van der Waals surface area contributed by atoms with E-state index in [4.69, 9.17) is 0 Å². The van der Waals surface area contributed by atoms with Gasteiger partial charge in [-0.2, -0.15) is 4.37 Å². The lowest BCUT2D eigenvalue weighted by atomic mass is 10.4. The Labute approximate surface area is 70.1 Å². The summed E-state index contributed by atoms with van der Waals surface area (Å²) in [6.45, 7) is 4.00. The van der Waals surface area contributed by atoms with Gasteiger partial charge in [0.15, 0.2) is 5.65 Å². The highest BCUT2D eigenvalue weighted by molar-refractivity contribution is 7.04. The number of nitrogens with zero attached hydrogens (tertiary/aromatic N) is 2. The van der Waals surface area contributed by atoms with Crippen LogP contribution in [0.1, 0.15) is 13.8 Å². The fraction of sp³-hybridized carbons (Fsp3) is 0.250. The topological polar surface area (TPSA) is 25.8 Å². The first-order chi connectivity index (χ1) is 5.47. The SMILES string of the molecule is CC.c1cnc2nscc2c1. The Morgan fingerprint density at radius 2 is 2.18 bits per heavy atom. The molecule has 0 spiro atoms. The number of aromatic nitrogens is 2. The number of pyridine rings is 1. The molecule has 0 N–H and O–H groups in total. The van der Waals surface area contributed by atoms with E-state index in [9.17, 15) is 0 Å². The van der Waals surface area contributed by atoms with Crippen LogP contribution in [0.5, 0.6) is 0 Å². The largest absolute Gasteiger partial charge is 0.236 e. The first-order valence-electron chi connectivity index (χ1n) is 3.62. The van der Waals surface area contributed by atoms with Gasteiger partial charge in [-0.15, -0.1) is 0 Å². The van der Waals surface area contributed by atoms with Gasteiger partial charge in [-0.1, -0.05) is 13.8 Å². The van der Waals surface area contributed by atoms with Gasteiger partial charge in [-0.3, -0.25) is 0 Å². The van der Waals surface area contributed by atoms with Crippen LogP contribution < -0.4 is 0 Å². The van der Waals surface area contributed by atoms with Crippen LogP contribution in [0.4, 0.5) is 0 Å². The first-order valence-corrected chi connectivity index (χ1v) is 4.45. The predicted molar refractivity (Wildman–Crippen MR) is 48.8 cm³/mol. The maximum absolute atomic E-state index is 4.05. The van der Waals surface area contributed by atoms with E-state index in [1.54, 1.807) is 6.20 Å². The van der Waals surface area contributed by atoms with Crippen LogP contribution in [-0.2, 0) is 0 Å². The molecule has 0 aliphatic carbocycles. The van der Waals surface area contributed by atoms with Crippen molar-refractivity contribution in [2.24, 2.45) is 0 Å². The molecule has 2 aromatic heterocycles. The zero-order valence-corrected chi connectivity index (χ0v) is 7.43. The van der Waals surface area contributed by atoms with E-state index in [0.717, 1.165) is 11.0 Å². The number of hydrogen-bond acceptors (Lipinski definition) is 3. The molecule has 2 rings (SSSR count). The van der Waals surface area contributed by atoms with Crippen LogP contribution in [-0.4, -0.2) is 9.36 Å². The van der Waals surface area contributed by atoms with Crippen molar-refractivity contribution in [3.63, 3.8) is 0 Å². The van der Waals surface area contributed by atoms with Crippen molar-refractivity contribution in [1.29, 1.82) is 0 Å². The summed E-state index contributed by atoms with van der Waals surface area (Å²) >= 11 is 1.44. The van der Waals surface area contributed by atoms with Crippen molar-refractivity contribution in [3.8, 4) is 0 Å². The zero-order chi connectivity index (χ0) is 8.10. The Morgan fingerprint density at radius 3 is 2.91 bits per heavy atom. The van der Waals surface area contributed by atoms with Crippen molar-refractivity contribution >= 4 is 22.6 Å². The van der Waals surface area contributed by atoms with Crippen molar-refractivity contribution in [3.05, 3.63) is 23.7 Å². The highest BCUT2D eigenvalue weighted by Gasteiger charge is 1.91. The van der Waals surface area contributed by atoms with E-state index in [1.807, 2.05) is 31.4 Å². The Hall–Kier alpha value is -0.960. The minimum absolute atomic E-state index is 0.850. The Morgan fingerprint density at radius 1 is 1.36 bits per heavy atom. The third-order valence-electron chi connectivity index (χ3n) is 1.14. The summed E-state index contributed by atoms with van der Waals surface area (Å²) in [6.07, 6.45) is 1.75. The predicted octanol–water partition coefficient (Wildman–Crippen LogP) is 2.72. The van der Waals surface area contributed by atoms with E-state index in [0.29, 0.717) is 0 Å². The van der Waals surface area contributed by atoms with Crippen molar-refractivity contribution < 1.29 is 0 Å². The maximum atomic E-state index is 4.05. The Bertz CT molecular complexity index is 286. The first kappa shape index (κ1) is 8.14. The molecule has 0 bridgehead atoms. The summed E-state index contributed by atoms with van der Waals surface area (Å²) < 4.78 is 4.05. The number of fused-ring (bicyclic) bond motifs is 1. The van der Waals surface area contributed by atoms with E-state index < -0.39 is 0 Å². The number of rotatable bonds is 0. The van der Waals surface area contributed by atoms with E-state index >= 15 is 0 Å². The molecule has 2 heterocycles. The standard InChI is InChI=1S/C6H4N2S.C2H6/c1-2-5-4-9-8-6(5)7-3-1;1-2/h1-4H;1-2H3. The second kappa shape index (κ2) is 4.03. The fourth-order valence-electron chi connectivity index (χ4n) is 0.711. The molecule has 0 unspecified atom stereocenters. The lowest BCUT2D eigenvalue weighted by molar-refractivity contribution is 1.37. The van der Waals surface area contributed by atoms with Gasteiger partial charge in [0.05, 0.1) is 0 Å². The van der Waals surface area contributed by atoms with Crippen LogP contribution in [0.25, 0.3) is 11.0 Å². The summed E-state index contributed by atoms with van der Waals surface area (Å²) in [7, 11) is 0. The third-order valence-corrected chi connectivity index (χ3v) is 1.77. The molecule has 3 heteroatoms. The van der Waals surface area contributed by atoms with Gasteiger partial charge >= 0.3 is 0 Å². The molecule has 11 heavy (non-hydrogen) atoms. The molecular formula is C8H10N2S. The summed E-state index contributed by atoms with van der Waals surface area (Å²) in [5, 5.41) is 3.12. The normalized spacial score (nSPS) is 8.91. The summed E-state index contributed by atoms with van der Waals surface area (Å²) in [6, 6.07) is 3.92. The van der Waals surface area contributed by atoms with Crippen LogP contribution in [0.3, 0.4) is 0 Å². The lowest BCUT2D eigenvalue weighted by Crippen LogP contribution is -1.70. The van der Waals surface area contributed by atoms with E-state index in [-0.39, 0.29) is 0 Å². The van der Waals surface area contributed by atoms with Crippen LogP contribution >= 0.6 is 11.5 Å². The van der Waals surface area contributed by atoms with Crippen molar-refractivity contribution in [2.75, 3.05) is 0 Å².